The van der Waals surface area contributed by atoms with Crippen molar-refractivity contribution in [3.05, 3.63) is 59.8 Å². The number of nitrogens with one attached hydrogen (secondary N) is 2. The molecular formula is C24H29N5O2. The van der Waals surface area contributed by atoms with Crippen LogP contribution in [0.3, 0.4) is 0 Å². The van der Waals surface area contributed by atoms with Gasteiger partial charge >= 0.3 is 0 Å². The molecule has 0 spiro atoms. The molecule has 2 N–H and O–H groups in total. The molecule has 0 unspecified atom stereocenters. The number of carbonyl (C=O) groups is 2. The van der Waals surface area contributed by atoms with E-state index < -0.39 is 0 Å². The second-order valence-electron chi connectivity index (χ2n) is 8.32. The number of H-pyrrole nitrogens is 1. The minimum absolute atomic E-state index is 0.0754. The summed E-state index contributed by atoms with van der Waals surface area (Å²) in [5, 5.41) is 3.93. The number of amides is 2. The zero-order valence-corrected chi connectivity index (χ0v) is 17.9. The Morgan fingerprint density at radius 3 is 2.74 bits per heavy atom. The van der Waals surface area contributed by atoms with E-state index in [2.05, 4.69) is 20.3 Å². The molecule has 31 heavy (non-hydrogen) atoms. The number of fused-ring (bicyclic) bond motifs is 1. The number of hydrogen-bond acceptors (Lipinski definition) is 4. The number of carbonyl (C=O) groups excluding carboxylic acids is 2. The Hall–Kier alpha value is -3.22. The highest BCUT2D eigenvalue weighted by molar-refractivity contribution is 5.97. The van der Waals surface area contributed by atoms with Crippen molar-refractivity contribution >= 4 is 22.7 Å². The first-order valence-electron chi connectivity index (χ1n) is 11.0. The highest BCUT2D eigenvalue weighted by atomic mass is 16.2. The first-order valence-corrected chi connectivity index (χ1v) is 11.0. The van der Waals surface area contributed by atoms with Gasteiger partial charge in [-0.25, -0.2) is 0 Å². The van der Waals surface area contributed by atoms with Crippen LogP contribution in [0.1, 0.15) is 58.6 Å². The van der Waals surface area contributed by atoms with Gasteiger partial charge in [0, 0.05) is 54.8 Å². The number of piperidine rings is 1. The summed E-state index contributed by atoms with van der Waals surface area (Å²) in [7, 11) is 0. The lowest BCUT2D eigenvalue weighted by atomic mass is 9.91. The van der Waals surface area contributed by atoms with Crippen LogP contribution in [0.4, 0.5) is 0 Å². The van der Waals surface area contributed by atoms with Gasteiger partial charge in [0.1, 0.15) is 5.69 Å². The fourth-order valence-electron chi connectivity index (χ4n) is 4.15. The van der Waals surface area contributed by atoms with Crippen LogP contribution in [-0.2, 0) is 0 Å². The van der Waals surface area contributed by atoms with Crippen molar-refractivity contribution in [2.24, 2.45) is 5.92 Å². The van der Waals surface area contributed by atoms with Crippen LogP contribution in [0.2, 0.25) is 0 Å². The second kappa shape index (κ2) is 9.73. The second-order valence-corrected chi connectivity index (χ2v) is 8.32. The Bertz CT molecular complexity index is 1000. The average Bonchev–Trinajstić information content (AvgIpc) is 3.24. The Balaban J connectivity index is 1.13. The Labute approximate surface area is 182 Å². The van der Waals surface area contributed by atoms with E-state index in [1.165, 1.54) is 0 Å². The van der Waals surface area contributed by atoms with Crippen LogP contribution in [0.5, 0.6) is 0 Å². The average molecular weight is 420 g/mol. The van der Waals surface area contributed by atoms with Gasteiger partial charge in [0.2, 0.25) is 0 Å². The van der Waals surface area contributed by atoms with Crippen molar-refractivity contribution < 1.29 is 9.59 Å². The summed E-state index contributed by atoms with van der Waals surface area (Å²) in [6, 6.07) is 7.44. The van der Waals surface area contributed by atoms with Crippen LogP contribution in [0.25, 0.3) is 10.9 Å². The number of pyridine rings is 2. The van der Waals surface area contributed by atoms with Crippen LogP contribution in [-0.4, -0.2) is 51.3 Å². The van der Waals surface area contributed by atoms with Crippen molar-refractivity contribution in [2.75, 3.05) is 19.6 Å². The lowest BCUT2D eigenvalue weighted by Crippen LogP contribution is -2.38. The maximum atomic E-state index is 12.6. The standard InChI is InChI=1S/C24H29N5O2/c1-17-5-6-19(16-27-17)24(31)29-12-8-18(9-13-29)4-2-3-10-26-23(30)22-14-20-15-25-11-7-21(20)28-22/h5-7,11,14-16,18,28H,2-4,8-10,12-13H2,1H3,(H,26,30). The Morgan fingerprint density at radius 2 is 2.00 bits per heavy atom. The highest BCUT2D eigenvalue weighted by Crippen LogP contribution is 2.23. The van der Waals surface area contributed by atoms with Gasteiger partial charge in [-0.2, -0.15) is 0 Å². The number of aromatic amines is 1. The molecule has 7 nitrogen and oxygen atoms in total. The van der Waals surface area contributed by atoms with Gasteiger partial charge in [0.05, 0.1) is 5.56 Å². The van der Waals surface area contributed by atoms with Crippen molar-refractivity contribution in [1.82, 2.24) is 25.2 Å². The summed E-state index contributed by atoms with van der Waals surface area (Å²) < 4.78 is 0. The number of rotatable bonds is 7. The SMILES string of the molecule is Cc1ccc(C(=O)N2CCC(CCCCNC(=O)c3cc4cnccc4[nH]3)CC2)cn1. The van der Waals surface area contributed by atoms with Crippen molar-refractivity contribution in [2.45, 2.75) is 39.0 Å². The lowest BCUT2D eigenvalue weighted by molar-refractivity contribution is 0.0685. The number of hydrogen-bond donors (Lipinski definition) is 2. The molecule has 1 fully saturated rings. The smallest absolute Gasteiger partial charge is 0.267 e. The van der Waals surface area contributed by atoms with Crippen LogP contribution in [0, 0.1) is 12.8 Å². The summed E-state index contributed by atoms with van der Waals surface area (Å²) >= 11 is 0. The van der Waals surface area contributed by atoms with E-state index in [4.69, 9.17) is 0 Å². The van der Waals surface area contributed by atoms with Crippen LogP contribution in [0.15, 0.2) is 42.9 Å². The summed E-state index contributed by atoms with van der Waals surface area (Å²) in [5.74, 6) is 0.659. The van der Waals surface area contributed by atoms with Crippen LogP contribution < -0.4 is 5.32 Å². The molecule has 1 aliphatic rings. The largest absolute Gasteiger partial charge is 0.351 e. The molecule has 0 radical (unpaired) electrons. The van der Waals surface area contributed by atoms with E-state index in [1.807, 2.05) is 36.1 Å². The van der Waals surface area contributed by atoms with Gasteiger partial charge in [-0.05, 0) is 56.4 Å². The molecule has 4 rings (SSSR count). The molecular weight excluding hydrogens is 390 g/mol. The molecule has 1 aliphatic heterocycles. The third-order valence-corrected chi connectivity index (χ3v) is 6.05. The molecule has 2 amide bonds. The Morgan fingerprint density at radius 1 is 1.16 bits per heavy atom. The molecule has 3 aromatic rings. The Kier molecular flexibility index (Phi) is 6.60. The topological polar surface area (TPSA) is 91.0 Å². The number of aryl methyl sites for hydroxylation is 1. The summed E-state index contributed by atoms with van der Waals surface area (Å²) in [6.45, 7) is 4.21. The molecule has 0 bridgehead atoms. The highest BCUT2D eigenvalue weighted by Gasteiger charge is 2.23. The molecule has 4 heterocycles. The number of likely N-dealkylation sites (tertiary alicyclic amines) is 1. The predicted molar refractivity (Wildman–Crippen MR) is 120 cm³/mol. The van der Waals surface area contributed by atoms with Gasteiger partial charge in [-0.1, -0.05) is 12.8 Å². The van der Waals surface area contributed by atoms with Gasteiger partial charge in [-0.3, -0.25) is 19.6 Å². The van der Waals surface area contributed by atoms with E-state index in [-0.39, 0.29) is 11.8 Å². The molecule has 0 atom stereocenters. The zero-order chi connectivity index (χ0) is 21.6. The molecule has 162 valence electrons. The van der Waals surface area contributed by atoms with E-state index in [0.717, 1.165) is 61.8 Å². The monoisotopic (exact) mass is 419 g/mol. The van der Waals surface area contributed by atoms with Crippen molar-refractivity contribution in [3.8, 4) is 0 Å². The third-order valence-electron chi connectivity index (χ3n) is 6.05. The minimum atomic E-state index is -0.0754. The normalized spacial score (nSPS) is 14.7. The first-order chi connectivity index (χ1) is 15.1. The molecule has 0 saturated carbocycles. The first kappa shape index (κ1) is 21.0. The quantitative estimate of drug-likeness (QED) is 0.571. The minimum Gasteiger partial charge on any atom is -0.351 e. The number of unbranched alkanes of at least 4 members (excludes halogenated alkanes) is 1. The van der Waals surface area contributed by atoms with E-state index in [1.54, 1.807) is 18.6 Å². The fourth-order valence-corrected chi connectivity index (χ4v) is 4.15. The maximum absolute atomic E-state index is 12.6. The van der Waals surface area contributed by atoms with E-state index >= 15 is 0 Å². The molecule has 3 aromatic heterocycles. The fraction of sp³-hybridized carbons (Fsp3) is 0.417. The van der Waals surface area contributed by atoms with Gasteiger partial charge in [0.25, 0.3) is 11.8 Å². The van der Waals surface area contributed by atoms with Gasteiger partial charge in [0.15, 0.2) is 0 Å². The molecule has 7 heteroatoms. The third kappa shape index (κ3) is 5.29. The summed E-state index contributed by atoms with van der Waals surface area (Å²) in [5.41, 5.74) is 3.09. The maximum Gasteiger partial charge on any atom is 0.267 e. The van der Waals surface area contributed by atoms with E-state index in [0.29, 0.717) is 23.7 Å². The number of nitrogens with zero attached hydrogens (tertiary/aromatic N) is 3. The van der Waals surface area contributed by atoms with Crippen molar-refractivity contribution in [1.29, 1.82) is 0 Å². The summed E-state index contributed by atoms with van der Waals surface area (Å²) in [6.07, 6.45) is 10.4. The molecule has 0 aromatic carbocycles. The van der Waals surface area contributed by atoms with E-state index in [9.17, 15) is 9.59 Å². The molecule has 1 saturated heterocycles. The van der Waals surface area contributed by atoms with Gasteiger partial charge in [-0.15, -0.1) is 0 Å². The van der Waals surface area contributed by atoms with Gasteiger partial charge < -0.3 is 15.2 Å². The summed E-state index contributed by atoms with van der Waals surface area (Å²) in [4.78, 5) is 38.3. The van der Waals surface area contributed by atoms with Crippen LogP contribution >= 0.6 is 0 Å². The van der Waals surface area contributed by atoms with Crippen molar-refractivity contribution in [3.63, 3.8) is 0 Å². The predicted octanol–water partition coefficient (Wildman–Crippen LogP) is 3.72. The number of aromatic nitrogens is 3. The molecule has 0 aliphatic carbocycles. The lowest BCUT2D eigenvalue weighted by Gasteiger charge is -2.32. The zero-order valence-electron chi connectivity index (χ0n) is 17.9.